The van der Waals surface area contributed by atoms with Crippen LogP contribution in [0.3, 0.4) is 0 Å². The molecule has 86 valence electrons. The fourth-order valence-corrected chi connectivity index (χ4v) is 0. The second kappa shape index (κ2) is 13.1. The monoisotopic (exact) mass is 296 g/mol. The molecule has 6 nitrogen and oxygen atoms in total. The van der Waals surface area contributed by atoms with Crippen molar-refractivity contribution in [2.45, 2.75) is 20.3 Å². The van der Waals surface area contributed by atoms with Crippen molar-refractivity contribution >= 4 is 66.6 Å². The van der Waals surface area contributed by atoms with Gasteiger partial charge in [0.05, 0.1) is 0 Å². The van der Waals surface area contributed by atoms with Gasteiger partial charge < -0.3 is 29.4 Å². The quantitative estimate of drug-likeness (QED) is 0.252. The van der Waals surface area contributed by atoms with Crippen molar-refractivity contribution in [2.24, 2.45) is 0 Å². The van der Waals surface area contributed by atoms with E-state index in [1.165, 1.54) is 6.42 Å². The fourth-order valence-electron chi connectivity index (χ4n) is 0. The van der Waals surface area contributed by atoms with E-state index in [1.54, 1.807) is 0 Å². The van der Waals surface area contributed by atoms with Gasteiger partial charge in [0.15, 0.2) is 0 Å². The predicted octanol–water partition coefficient (Wildman–Crippen LogP) is -0.857. The van der Waals surface area contributed by atoms with Crippen molar-refractivity contribution in [1.29, 1.82) is 0 Å². The second-order valence-corrected chi connectivity index (χ2v) is 6.73. The third-order valence-corrected chi connectivity index (χ3v) is 0. The minimum atomic E-state index is -3.81. The third-order valence-electron chi connectivity index (χ3n) is 0. The van der Waals surface area contributed by atoms with Crippen LogP contribution in [0.15, 0.2) is 0 Å². The van der Waals surface area contributed by atoms with Gasteiger partial charge in [-0.1, -0.05) is 20.3 Å². The Morgan fingerprint density at radius 1 is 0.786 bits per heavy atom. The average Bonchev–Trinajstić information content (AvgIpc) is 1.52. The molecule has 0 radical (unpaired) electrons. The van der Waals surface area contributed by atoms with Gasteiger partial charge in [0, 0.05) is 0 Å². The van der Waals surface area contributed by atoms with Crippen molar-refractivity contribution in [3.63, 3.8) is 0 Å². The molecule has 0 aliphatic rings. The van der Waals surface area contributed by atoms with Gasteiger partial charge in [-0.3, -0.25) is 0 Å². The van der Waals surface area contributed by atoms with Crippen molar-refractivity contribution in [2.75, 3.05) is 0 Å². The molecule has 0 saturated carbocycles. The maximum absolute atomic E-state index is 7.56. The first kappa shape index (κ1) is 25.0. The van der Waals surface area contributed by atoms with Gasteiger partial charge in [-0.2, -0.15) is 0 Å². The summed E-state index contributed by atoms with van der Waals surface area (Å²) in [5, 5.41) is 0. The summed E-state index contributed by atoms with van der Waals surface area (Å²) in [5.74, 6) is 0. The molecule has 0 aliphatic carbocycles. The van der Waals surface area contributed by atoms with Gasteiger partial charge in [0.1, 0.15) is 0 Å². The van der Waals surface area contributed by atoms with E-state index in [0.717, 1.165) is 0 Å². The van der Waals surface area contributed by atoms with Crippen LogP contribution in [0.25, 0.3) is 0 Å². The van der Waals surface area contributed by atoms with Crippen LogP contribution in [0.5, 0.6) is 0 Å². The molecule has 0 bridgehead atoms. The Kier molecular flexibility index (Phi) is 23.5. The van der Waals surface area contributed by atoms with Gasteiger partial charge in [-0.05, 0) is 23.6 Å². The standard InChI is InChI=1S/C3H8.Na.2H3O3PS.H/c1-3-2;;2*1-4(2,3)5;/h3H2,1-2H3;;2*(H3,1,2,3,5);. The van der Waals surface area contributed by atoms with E-state index in [2.05, 4.69) is 37.5 Å². The normalized spacial score (nSPS) is 9.71. The van der Waals surface area contributed by atoms with Crippen LogP contribution in [0.4, 0.5) is 0 Å². The first-order chi connectivity index (χ1) is 5.41. The number of hydrogen-bond donors (Lipinski definition) is 6. The van der Waals surface area contributed by atoms with Crippen molar-refractivity contribution in [3.05, 3.63) is 0 Å². The van der Waals surface area contributed by atoms with Crippen molar-refractivity contribution in [1.82, 2.24) is 0 Å². The molecule has 0 saturated heterocycles. The van der Waals surface area contributed by atoms with E-state index in [0.29, 0.717) is 0 Å². The Morgan fingerprint density at radius 2 is 0.786 bits per heavy atom. The van der Waals surface area contributed by atoms with Gasteiger partial charge in [-0.15, -0.1) is 0 Å². The summed E-state index contributed by atoms with van der Waals surface area (Å²) in [6.45, 7) is -3.36. The maximum atomic E-state index is 7.56. The summed E-state index contributed by atoms with van der Waals surface area (Å²) in [6, 6.07) is 0. The van der Waals surface area contributed by atoms with Crippen LogP contribution in [-0.4, -0.2) is 58.9 Å². The molecule has 0 unspecified atom stereocenters. The predicted molar refractivity (Wildman–Crippen MR) is 65.0 cm³/mol. The Balaban J connectivity index is -0.0000000535. The SMILES string of the molecule is CCC.OP(O)(O)=S.OP(O)(O)=S.[NaH]. The Labute approximate surface area is 115 Å². The Hall–Kier alpha value is 2.06. The Morgan fingerprint density at radius 3 is 0.786 bits per heavy atom. The van der Waals surface area contributed by atoms with Crippen LogP contribution in [0.1, 0.15) is 20.3 Å². The summed E-state index contributed by atoms with van der Waals surface area (Å²) in [5.41, 5.74) is 0. The van der Waals surface area contributed by atoms with E-state index >= 15 is 0 Å². The van der Waals surface area contributed by atoms with Crippen LogP contribution in [-0.2, 0) is 23.6 Å². The van der Waals surface area contributed by atoms with Gasteiger partial charge in [0.25, 0.3) is 0 Å². The zero-order chi connectivity index (χ0) is 11.7. The zero-order valence-electron chi connectivity index (χ0n) is 7.10. The Bertz CT molecular complexity index is 153. The van der Waals surface area contributed by atoms with Gasteiger partial charge in [0.2, 0.25) is 0 Å². The molecule has 0 heterocycles. The van der Waals surface area contributed by atoms with Gasteiger partial charge in [-0.25, -0.2) is 0 Å². The van der Waals surface area contributed by atoms with E-state index in [-0.39, 0.29) is 29.6 Å². The summed E-state index contributed by atoms with van der Waals surface area (Å²) < 4.78 is 0. The molecule has 0 rings (SSSR count). The van der Waals surface area contributed by atoms with Crippen LogP contribution >= 0.6 is 13.4 Å². The topological polar surface area (TPSA) is 121 Å². The zero-order valence-corrected chi connectivity index (χ0v) is 10.5. The molecule has 0 spiro atoms. The van der Waals surface area contributed by atoms with Crippen LogP contribution in [0.2, 0.25) is 0 Å². The third kappa shape index (κ3) is 565. The first-order valence-electron chi connectivity index (χ1n) is 2.98. The van der Waals surface area contributed by atoms with E-state index in [9.17, 15) is 0 Å². The molecule has 11 heteroatoms. The molecule has 14 heavy (non-hydrogen) atoms. The summed E-state index contributed by atoms with van der Waals surface area (Å²) in [7, 11) is 0. The molecule has 0 aromatic rings. The summed E-state index contributed by atoms with van der Waals surface area (Å²) in [6.07, 6.45) is 1.25. The van der Waals surface area contributed by atoms with Crippen molar-refractivity contribution < 1.29 is 29.4 Å². The molecule has 6 N–H and O–H groups in total. The van der Waals surface area contributed by atoms with E-state index in [4.69, 9.17) is 29.4 Å². The van der Waals surface area contributed by atoms with Crippen LogP contribution in [0, 0.1) is 0 Å². The molecule has 0 atom stereocenters. The fraction of sp³-hybridized carbons (Fsp3) is 1.00. The van der Waals surface area contributed by atoms with Crippen molar-refractivity contribution in [3.8, 4) is 0 Å². The summed E-state index contributed by atoms with van der Waals surface area (Å²) >= 11 is 7.21. The van der Waals surface area contributed by atoms with E-state index < -0.39 is 13.4 Å². The number of rotatable bonds is 0. The molecule has 0 aromatic carbocycles. The summed E-state index contributed by atoms with van der Waals surface area (Å²) in [4.78, 5) is 45.3. The molecule has 0 aliphatic heterocycles. The molecule has 0 aromatic heterocycles. The average molecular weight is 296 g/mol. The molecule has 0 amide bonds. The van der Waals surface area contributed by atoms with E-state index in [1.807, 2.05) is 0 Å². The minimum absolute atomic E-state index is 0. The second-order valence-electron chi connectivity index (χ2n) is 1.73. The molecular weight excluding hydrogens is 281 g/mol. The molecular formula is C3H15NaO6P2S2. The first-order valence-corrected chi connectivity index (χ1v) is 8.30. The number of hydrogen-bond acceptors (Lipinski definition) is 2. The van der Waals surface area contributed by atoms with Crippen LogP contribution < -0.4 is 0 Å². The van der Waals surface area contributed by atoms with Gasteiger partial charge >= 0.3 is 43.0 Å². The molecule has 0 fully saturated rings.